The largest absolute Gasteiger partial charge is 0.497 e. The van der Waals surface area contributed by atoms with E-state index >= 15 is 0 Å². The van der Waals surface area contributed by atoms with Gasteiger partial charge in [0.05, 0.1) is 18.8 Å². The number of nitrogens with one attached hydrogen (secondary N) is 1. The highest BCUT2D eigenvalue weighted by Crippen LogP contribution is 2.21. The molecule has 1 atom stereocenters. The number of rotatable bonds is 6. The first-order chi connectivity index (χ1) is 9.67. The van der Waals surface area contributed by atoms with Crippen LogP contribution in [0.25, 0.3) is 0 Å². The molecule has 1 heterocycles. The van der Waals surface area contributed by atoms with E-state index < -0.39 is 0 Å². The lowest BCUT2D eigenvalue weighted by molar-refractivity contribution is 0.414. The molecular formula is C15H22N4O. The maximum Gasteiger partial charge on any atom is 0.118 e. The molecule has 1 aromatic heterocycles. The van der Waals surface area contributed by atoms with E-state index in [0.29, 0.717) is 0 Å². The molecule has 1 unspecified atom stereocenters. The molecule has 2 aromatic rings. The summed E-state index contributed by atoms with van der Waals surface area (Å²) in [5, 5.41) is 4.47. The van der Waals surface area contributed by atoms with Gasteiger partial charge in [0.2, 0.25) is 0 Å². The fraction of sp³-hybridized carbons (Fsp3) is 0.400. The Bertz CT molecular complexity index is 548. The number of nitrogens with zero attached hydrogens (tertiary/aromatic N) is 2. The van der Waals surface area contributed by atoms with Crippen LogP contribution >= 0.6 is 0 Å². The summed E-state index contributed by atoms with van der Waals surface area (Å²) in [6, 6.07) is 10.1. The predicted octanol–water partition coefficient (Wildman–Crippen LogP) is 1.97. The van der Waals surface area contributed by atoms with E-state index in [9.17, 15) is 0 Å². The van der Waals surface area contributed by atoms with Crippen LogP contribution in [0.4, 0.5) is 0 Å². The second-order valence-electron chi connectivity index (χ2n) is 4.79. The molecule has 0 aliphatic rings. The number of benzene rings is 1. The monoisotopic (exact) mass is 274 g/mol. The van der Waals surface area contributed by atoms with E-state index in [2.05, 4.69) is 23.5 Å². The summed E-state index contributed by atoms with van der Waals surface area (Å²) in [5.41, 5.74) is 6.24. The molecule has 1 aromatic carbocycles. The Balaban J connectivity index is 2.19. The maximum absolute atomic E-state index is 5.71. The van der Waals surface area contributed by atoms with Crippen LogP contribution < -0.4 is 16.0 Å². The molecule has 5 nitrogen and oxygen atoms in total. The third kappa shape index (κ3) is 3.18. The van der Waals surface area contributed by atoms with Gasteiger partial charge in [-0.15, -0.1) is 0 Å². The van der Waals surface area contributed by atoms with Crippen LogP contribution in [0.15, 0.2) is 30.3 Å². The Morgan fingerprint density at radius 1 is 1.35 bits per heavy atom. The van der Waals surface area contributed by atoms with Crippen molar-refractivity contribution in [2.24, 2.45) is 5.84 Å². The topological polar surface area (TPSA) is 65.1 Å². The second kappa shape index (κ2) is 6.54. The molecule has 0 radical (unpaired) electrons. The van der Waals surface area contributed by atoms with Gasteiger partial charge < -0.3 is 4.74 Å². The minimum absolute atomic E-state index is 0.0577. The van der Waals surface area contributed by atoms with Gasteiger partial charge in [0.15, 0.2) is 0 Å². The van der Waals surface area contributed by atoms with E-state index in [4.69, 9.17) is 10.6 Å². The van der Waals surface area contributed by atoms with Crippen LogP contribution in [0.2, 0.25) is 0 Å². The zero-order valence-corrected chi connectivity index (χ0v) is 12.3. The summed E-state index contributed by atoms with van der Waals surface area (Å²) < 4.78 is 7.19. The molecule has 5 heteroatoms. The minimum Gasteiger partial charge on any atom is -0.497 e. The van der Waals surface area contributed by atoms with Crippen LogP contribution in [0, 0.1) is 6.92 Å². The van der Waals surface area contributed by atoms with Gasteiger partial charge in [-0.25, -0.2) is 0 Å². The number of aromatic nitrogens is 2. The Labute approximate surface area is 119 Å². The van der Waals surface area contributed by atoms with Crippen molar-refractivity contribution < 1.29 is 4.74 Å². The number of hydrazine groups is 1. The lowest BCUT2D eigenvalue weighted by atomic mass is 10.0. The first-order valence-corrected chi connectivity index (χ1v) is 6.81. The van der Waals surface area contributed by atoms with Crippen molar-refractivity contribution in [2.45, 2.75) is 32.9 Å². The summed E-state index contributed by atoms with van der Waals surface area (Å²) in [4.78, 5) is 0. The highest BCUT2D eigenvalue weighted by molar-refractivity contribution is 5.30. The van der Waals surface area contributed by atoms with Gasteiger partial charge in [-0.2, -0.15) is 5.10 Å². The van der Waals surface area contributed by atoms with Gasteiger partial charge in [-0.3, -0.25) is 16.0 Å². The molecule has 0 amide bonds. The Morgan fingerprint density at radius 2 is 2.05 bits per heavy atom. The van der Waals surface area contributed by atoms with Gasteiger partial charge >= 0.3 is 0 Å². The number of hydrogen-bond donors (Lipinski definition) is 2. The van der Waals surface area contributed by atoms with Gasteiger partial charge in [0.25, 0.3) is 0 Å². The SMILES string of the molecule is CCn1nc(C)cc1CC(NN)c1ccc(OC)cc1. The first kappa shape index (κ1) is 14.6. The average molecular weight is 274 g/mol. The van der Waals surface area contributed by atoms with Crippen molar-refractivity contribution in [1.82, 2.24) is 15.2 Å². The normalized spacial score (nSPS) is 12.4. The number of nitrogens with two attached hydrogens (primary N) is 1. The van der Waals surface area contributed by atoms with E-state index in [0.717, 1.165) is 30.0 Å². The molecule has 2 rings (SSSR count). The van der Waals surface area contributed by atoms with E-state index in [-0.39, 0.29) is 6.04 Å². The van der Waals surface area contributed by atoms with Crippen molar-refractivity contribution in [1.29, 1.82) is 0 Å². The lowest BCUT2D eigenvalue weighted by Crippen LogP contribution is -2.30. The molecule has 108 valence electrons. The third-order valence-corrected chi connectivity index (χ3v) is 3.42. The van der Waals surface area contributed by atoms with E-state index in [1.165, 1.54) is 5.69 Å². The highest BCUT2D eigenvalue weighted by atomic mass is 16.5. The quantitative estimate of drug-likeness (QED) is 0.624. The van der Waals surface area contributed by atoms with Gasteiger partial charge in [-0.1, -0.05) is 12.1 Å². The summed E-state index contributed by atoms with van der Waals surface area (Å²) in [6.45, 7) is 4.96. The van der Waals surface area contributed by atoms with Gasteiger partial charge in [0, 0.05) is 18.7 Å². The molecular weight excluding hydrogens is 252 g/mol. The van der Waals surface area contributed by atoms with Crippen LogP contribution in [0.1, 0.15) is 29.9 Å². The number of aryl methyl sites for hydroxylation is 2. The maximum atomic E-state index is 5.71. The van der Waals surface area contributed by atoms with Crippen molar-refractivity contribution >= 4 is 0 Å². The van der Waals surface area contributed by atoms with Crippen molar-refractivity contribution in [2.75, 3.05) is 7.11 Å². The van der Waals surface area contributed by atoms with Crippen molar-refractivity contribution in [3.63, 3.8) is 0 Å². The molecule has 0 aliphatic carbocycles. The fourth-order valence-corrected chi connectivity index (χ4v) is 2.36. The zero-order chi connectivity index (χ0) is 14.5. The molecule has 20 heavy (non-hydrogen) atoms. The lowest BCUT2D eigenvalue weighted by Gasteiger charge is -2.17. The summed E-state index contributed by atoms with van der Waals surface area (Å²) >= 11 is 0. The van der Waals surface area contributed by atoms with Crippen LogP contribution in [-0.2, 0) is 13.0 Å². The molecule has 0 aliphatic heterocycles. The average Bonchev–Trinajstić information content (AvgIpc) is 2.84. The van der Waals surface area contributed by atoms with E-state index in [1.54, 1.807) is 7.11 Å². The summed E-state index contributed by atoms with van der Waals surface area (Å²) in [6.07, 6.45) is 0.803. The number of methoxy groups -OCH3 is 1. The molecule has 3 N–H and O–H groups in total. The zero-order valence-electron chi connectivity index (χ0n) is 12.3. The molecule has 0 spiro atoms. The predicted molar refractivity (Wildman–Crippen MR) is 79.4 cm³/mol. The van der Waals surface area contributed by atoms with Crippen LogP contribution in [0.3, 0.4) is 0 Å². The van der Waals surface area contributed by atoms with Gasteiger partial charge in [0.1, 0.15) is 5.75 Å². The summed E-state index contributed by atoms with van der Waals surface area (Å²) in [7, 11) is 1.66. The number of hydrogen-bond acceptors (Lipinski definition) is 4. The fourth-order valence-electron chi connectivity index (χ4n) is 2.36. The number of ether oxygens (including phenoxy) is 1. The smallest absolute Gasteiger partial charge is 0.118 e. The Hall–Kier alpha value is -1.85. The summed E-state index contributed by atoms with van der Waals surface area (Å²) in [5.74, 6) is 6.56. The Kier molecular flexibility index (Phi) is 4.76. The van der Waals surface area contributed by atoms with Crippen molar-refractivity contribution in [3.8, 4) is 5.75 Å². The van der Waals surface area contributed by atoms with Gasteiger partial charge in [-0.05, 0) is 37.6 Å². The van der Waals surface area contributed by atoms with Crippen LogP contribution in [0.5, 0.6) is 5.75 Å². The van der Waals surface area contributed by atoms with E-state index in [1.807, 2.05) is 35.9 Å². The second-order valence-corrected chi connectivity index (χ2v) is 4.79. The first-order valence-electron chi connectivity index (χ1n) is 6.81. The Morgan fingerprint density at radius 3 is 2.60 bits per heavy atom. The van der Waals surface area contributed by atoms with Crippen molar-refractivity contribution in [3.05, 3.63) is 47.3 Å². The molecule has 0 fully saturated rings. The molecule has 0 bridgehead atoms. The van der Waals surface area contributed by atoms with Crippen LogP contribution in [-0.4, -0.2) is 16.9 Å². The standard InChI is InChI=1S/C15H22N4O/c1-4-19-13(9-11(2)18-19)10-15(17-16)12-5-7-14(20-3)8-6-12/h5-9,15,17H,4,10,16H2,1-3H3. The molecule has 0 saturated carbocycles. The highest BCUT2D eigenvalue weighted by Gasteiger charge is 2.14. The third-order valence-electron chi connectivity index (χ3n) is 3.42. The molecule has 0 saturated heterocycles. The minimum atomic E-state index is 0.0577.